The Morgan fingerprint density at radius 3 is 2.23 bits per heavy atom. The molecule has 132 valence electrons. The standard InChI is InChI=1S/C20H20N4O2/c1-4-20(2,3)17-14(21-12-22-17)11-16-19(26)23-15(18(25)24-16)10-13-8-6-5-7-9-13/h4-12H,1H2,2-3H3,(H,21,22)(H,23,26)(H,24,25)/b15-10+,16-11-. The molecule has 0 aliphatic carbocycles. The lowest BCUT2D eigenvalue weighted by atomic mass is 9.88. The molecule has 3 N–H and O–H groups in total. The summed E-state index contributed by atoms with van der Waals surface area (Å²) in [6, 6.07) is 9.31. The molecule has 0 unspecified atom stereocenters. The van der Waals surface area contributed by atoms with Crippen LogP contribution in [0.4, 0.5) is 0 Å². The average molecular weight is 348 g/mol. The van der Waals surface area contributed by atoms with Crippen LogP contribution in [0.25, 0.3) is 12.2 Å². The topological polar surface area (TPSA) is 94.4 Å². The molecule has 26 heavy (non-hydrogen) atoms. The van der Waals surface area contributed by atoms with Gasteiger partial charge in [-0.05, 0) is 17.7 Å². The van der Waals surface area contributed by atoms with Crippen LogP contribution in [0.15, 0.2) is 58.9 Å². The van der Waals surface area contributed by atoms with Crippen LogP contribution in [0.1, 0.15) is 30.8 Å². The fraction of sp³-hybridized carbons (Fsp3) is 0.150. The Labute approximate surface area is 149 Å². The SMILES string of the molecule is C=CC(C)(C)c1[nH]cnc1/C=c1\[nH]c(=O)/c(=C\c2ccccc2)[nH]c1=O. The molecule has 0 aliphatic heterocycles. The van der Waals surface area contributed by atoms with Gasteiger partial charge in [0.2, 0.25) is 0 Å². The van der Waals surface area contributed by atoms with Gasteiger partial charge in [0.1, 0.15) is 10.7 Å². The van der Waals surface area contributed by atoms with Crippen LogP contribution in [0.3, 0.4) is 0 Å². The second-order valence-electron chi connectivity index (χ2n) is 6.52. The maximum absolute atomic E-state index is 12.4. The summed E-state index contributed by atoms with van der Waals surface area (Å²) in [5, 5.41) is 0.348. The molecule has 3 rings (SSSR count). The monoisotopic (exact) mass is 348 g/mol. The van der Waals surface area contributed by atoms with Gasteiger partial charge < -0.3 is 15.0 Å². The molecule has 0 saturated carbocycles. The molecular formula is C20H20N4O2. The molecule has 3 aromatic rings. The molecule has 6 nitrogen and oxygen atoms in total. The first-order valence-corrected chi connectivity index (χ1v) is 8.19. The molecule has 6 heteroatoms. The van der Waals surface area contributed by atoms with Gasteiger partial charge in [-0.15, -0.1) is 6.58 Å². The van der Waals surface area contributed by atoms with E-state index in [1.165, 1.54) is 0 Å². The van der Waals surface area contributed by atoms with Crippen LogP contribution in [-0.2, 0) is 5.41 Å². The van der Waals surface area contributed by atoms with Crippen LogP contribution in [0.5, 0.6) is 0 Å². The summed E-state index contributed by atoms with van der Waals surface area (Å²) in [6.07, 6.45) is 6.54. The predicted octanol–water partition coefficient (Wildman–Crippen LogP) is 0.907. The largest absolute Gasteiger partial charge is 0.347 e. The third kappa shape index (κ3) is 3.49. The van der Waals surface area contributed by atoms with E-state index in [9.17, 15) is 9.59 Å². The summed E-state index contributed by atoms with van der Waals surface area (Å²) in [7, 11) is 0. The van der Waals surface area contributed by atoms with E-state index in [2.05, 4.69) is 26.5 Å². The van der Waals surface area contributed by atoms with Crippen molar-refractivity contribution in [2.24, 2.45) is 0 Å². The Morgan fingerprint density at radius 1 is 1.00 bits per heavy atom. The molecule has 0 bridgehead atoms. The van der Waals surface area contributed by atoms with Gasteiger partial charge in [0, 0.05) is 5.41 Å². The number of allylic oxidation sites excluding steroid dienone is 1. The molecule has 0 aliphatic rings. The van der Waals surface area contributed by atoms with Crippen LogP contribution >= 0.6 is 0 Å². The normalized spacial score (nSPS) is 13.2. The van der Waals surface area contributed by atoms with Crippen molar-refractivity contribution in [2.75, 3.05) is 0 Å². The summed E-state index contributed by atoms with van der Waals surface area (Å²) in [6.45, 7) is 7.79. The molecule has 0 spiro atoms. The van der Waals surface area contributed by atoms with Crippen molar-refractivity contribution in [1.82, 2.24) is 19.9 Å². The number of aromatic nitrogens is 4. The first-order chi connectivity index (χ1) is 12.4. The fourth-order valence-corrected chi connectivity index (χ4v) is 2.58. The molecule has 0 atom stereocenters. The summed E-state index contributed by atoms with van der Waals surface area (Å²) in [5.74, 6) is 0. The van der Waals surface area contributed by atoms with E-state index >= 15 is 0 Å². The van der Waals surface area contributed by atoms with Crippen LogP contribution in [-0.4, -0.2) is 19.9 Å². The van der Waals surface area contributed by atoms with Crippen LogP contribution in [0, 0.1) is 0 Å². The lowest BCUT2D eigenvalue weighted by Gasteiger charge is -2.18. The Balaban J connectivity index is 2.14. The Kier molecular flexibility index (Phi) is 4.58. The van der Waals surface area contributed by atoms with Crippen molar-refractivity contribution in [3.05, 3.63) is 97.7 Å². The highest BCUT2D eigenvalue weighted by atomic mass is 16.1. The number of nitrogens with one attached hydrogen (secondary N) is 3. The van der Waals surface area contributed by atoms with Gasteiger partial charge in [0.05, 0.1) is 17.7 Å². The lowest BCUT2D eigenvalue weighted by Crippen LogP contribution is -2.46. The van der Waals surface area contributed by atoms with E-state index in [-0.39, 0.29) is 21.7 Å². The molecule has 0 fully saturated rings. The molecule has 0 saturated heterocycles. The number of rotatable bonds is 4. The number of nitrogens with zero attached hydrogens (tertiary/aromatic N) is 1. The van der Waals surface area contributed by atoms with Gasteiger partial charge in [0.25, 0.3) is 11.1 Å². The molecule has 1 aromatic carbocycles. The Morgan fingerprint density at radius 2 is 1.62 bits per heavy atom. The smallest absolute Gasteiger partial charge is 0.272 e. The zero-order valence-electron chi connectivity index (χ0n) is 14.7. The highest BCUT2D eigenvalue weighted by Crippen LogP contribution is 2.24. The number of benzene rings is 1. The highest BCUT2D eigenvalue weighted by molar-refractivity contribution is 5.50. The van der Waals surface area contributed by atoms with Gasteiger partial charge in [-0.1, -0.05) is 50.3 Å². The lowest BCUT2D eigenvalue weighted by molar-refractivity contribution is 0.648. The van der Waals surface area contributed by atoms with Crippen molar-refractivity contribution in [3.8, 4) is 0 Å². The number of hydrogen-bond acceptors (Lipinski definition) is 3. The summed E-state index contributed by atoms with van der Waals surface area (Å²) >= 11 is 0. The fourth-order valence-electron chi connectivity index (χ4n) is 2.58. The second-order valence-corrected chi connectivity index (χ2v) is 6.52. The molecule has 0 amide bonds. The van der Waals surface area contributed by atoms with Gasteiger partial charge in [-0.25, -0.2) is 4.98 Å². The van der Waals surface area contributed by atoms with Crippen LogP contribution < -0.4 is 21.8 Å². The van der Waals surface area contributed by atoms with E-state index in [0.29, 0.717) is 5.69 Å². The highest BCUT2D eigenvalue weighted by Gasteiger charge is 2.21. The zero-order valence-corrected chi connectivity index (χ0v) is 14.7. The van der Waals surface area contributed by atoms with Gasteiger partial charge in [-0.2, -0.15) is 0 Å². The average Bonchev–Trinajstić information content (AvgIpc) is 3.09. The number of imidazole rings is 1. The maximum atomic E-state index is 12.4. The number of H-pyrrole nitrogens is 3. The summed E-state index contributed by atoms with van der Waals surface area (Å²) < 4.78 is 0. The van der Waals surface area contributed by atoms with Gasteiger partial charge in [0.15, 0.2) is 0 Å². The van der Waals surface area contributed by atoms with E-state index in [1.54, 1.807) is 24.6 Å². The van der Waals surface area contributed by atoms with E-state index in [0.717, 1.165) is 11.3 Å². The van der Waals surface area contributed by atoms with Crippen LogP contribution in [0.2, 0.25) is 0 Å². The summed E-state index contributed by atoms with van der Waals surface area (Å²) in [5.41, 5.74) is 1.10. The Bertz CT molecular complexity index is 1160. The van der Waals surface area contributed by atoms with Crippen molar-refractivity contribution in [3.63, 3.8) is 0 Å². The minimum absolute atomic E-state index is 0.147. The van der Waals surface area contributed by atoms with E-state index in [4.69, 9.17) is 0 Å². The molecule has 2 heterocycles. The second kappa shape index (κ2) is 6.84. The molecule has 0 radical (unpaired) electrons. The Hall–Kier alpha value is -3.41. The predicted molar refractivity (Wildman–Crippen MR) is 102 cm³/mol. The quantitative estimate of drug-likeness (QED) is 0.612. The zero-order chi connectivity index (χ0) is 18.7. The first-order valence-electron chi connectivity index (χ1n) is 8.19. The number of aromatic amines is 3. The van der Waals surface area contributed by atoms with Crippen molar-refractivity contribution < 1.29 is 0 Å². The summed E-state index contributed by atoms with van der Waals surface area (Å²) in [4.78, 5) is 37.3. The van der Waals surface area contributed by atoms with Crippen molar-refractivity contribution in [2.45, 2.75) is 19.3 Å². The molecular weight excluding hydrogens is 328 g/mol. The third-order valence-corrected chi connectivity index (χ3v) is 4.20. The minimum atomic E-state index is -0.392. The van der Waals surface area contributed by atoms with Crippen molar-refractivity contribution in [1.29, 1.82) is 0 Å². The maximum Gasteiger partial charge on any atom is 0.272 e. The molecule has 2 aromatic heterocycles. The number of hydrogen-bond donors (Lipinski definition) is 3. The minimum Gasteiger partial charge on any atom is -0.347 e. The van der Waals surface area contributed by atoms with Crippen molar-refractivity contribution >= 4 is 12.2 Å². The van der Waals surface area contributed by atoms with Gasteiger partial charge >= 0.3 is 0 Å². The van der Waals surface area contributed by atoms with Gasteiger partial charge in [-0.3, -0.25) is 9.59 Å². The van der Waals surface area contributed by atoms with E-state index in [1.807, 2.05) is 44.2 Å². The first kappa shape index (κ1) is 17.4. The van der Waals surface area contributed by atoms with E-state index < -0.39 is 5.56 Å². The third-order valence-electron chi connectivity index (χ3n) is 4.20.